The van der Waals surface area contributed by atoms with Gasteiger partial charge in [-0.1, -0.05) is 23.4 Å². The van der Waals surface area contributed by atoms with Gasteiger partial charge in [-0.25, -0.2) is 13.4 Å². The Morgan fingerprint density at radius 1 is 1.45 bits per heavy atom. The van der Waals surface area contributed by atoms with Crippen molar-refractivity contribution in [1.29, 1.82) is 0 Å². The van der Waals surface area contributed by atoms with Crippen LogP contribution in [0.1, 0.15) is 25.6 Å². The Hall–Kier alpha value is -1.82. The van der Waals surface area contributed by atoms with E-state index in [1.807, 2.05) is 6.92 Å². The van der Waals surface area contributed by atoms with Gasteiger partial charge in [0.2, 0.25) is 21.1 Å². The van der Waals surface area contributed by atoms with Crippen LogP contribution >= 0.6 is 23.4 Å². The molecule has 0 spiro atoms. The third-order valence-corrected chi connectivity index (χ3v) is 7.76. The quantitative estimate of drug-likeness (QED) is 0.412. The highest BCUT2D eigenvalue weighted by molar-refractivity contribution is 7.99. The SMILES string of the molecule is CCOc1ccc(Cl)cc1S(=O)(=O)N1CCC[C@H](C(=O)NCCSc2n[nH]c(C)n2)C1. The first-order valence-electron chi connectivity index (χ1n) is 10.0. The number of amides is 1. The van der Waals surface area contributed by atoms with Gasteiger partial charge in [0.25, 0.3) is 0 Å². The molecule has 2 aromatic rings. The molecule has 0 radical (unpaired) electrons. The summed E-state index contributed by atoms with van der Waals surface area (Å²) in [4.78, 5) is 16.8. The lowest BCUT2D eigenvalue weighted by molar-refractivity contribution is -0.125. The van der Waals surface area contributed by atoms with E-state index in [-0.39, 0.29) is 23.1 Å². The van der Waals surface area contributed by atoms with Gasteiger partial charge in [-0.05, 0) is 44.9 Å². The van der Waals surface area contributed by atoms with E-state index in [0.717, 1.165) is 5.82 Å². The van der Waals surface area contributed by atoms with E-state index in [9.17, 15) is 13.2 Å². The van der Waals surface area contributed by atoms with Crippen LogP contribution < -0.4 is 10.1 Å². The number of hydrogen-bond acceptors (Lipinski definition) is 7. The summed E-state index contributed by atoms with van der Waals surface area (Å²) in [6.07, 6.45) is 1.24. The predicted octanol–water partition coefficient (Wildman–Crippen LogP) is 2.47. The number of aromatic nitrogens is 3. The van der Waals surface area contributed by atoms with Gasteiger partial charge in [-0.15, -0.1) is 5.10 Å². The van der Waals surface area contributed by atoms with Gasteiger partial charge in [0.1, 0.15) is 16.5 Å². The van der Waals surface area contributed by atoms with Crippen molar-refractivity contribution in [1.82, 2.24) is 24.8 Å². The van der Waals surface area contributed by atoms with Gasteiger partial charge in [-0.2, -0.15) is 4.31 Å². The lowest BCUT2D eigenvalue weighted by Crippen LogP contribution is -2.45. The molecule has 1 atom stereocenters. The molecule has 1 aromatic heterocycles. The fourth-order valence-electron chi connectivity index (χ4n) is 3.32. The van der Waals surface area contributed by atoms with Crippen LogP contribution in [-0.2, 0) is 14.8 Å². The molecule has 170 valence electrons. The number of benzene rings is 1. The van der Waals surface area contributed by atoms with Crippen LogP contribution in [0.5, 0.6) is 5.75 Å². The van der Waals surface area contributed by atoms with E-state index in [1.54, 1.807) is 19.1 Å². The second kappa shape index (κ2) is 10.7. The minimum Gasteiger partial charge on any atom is -0.492 e. The van der Waals surface area contributed by atoms with Gasteiger partial charge in [0.15, 0.2) is 0 Å². The summed E-state index contributed by atoms with van der Waals surface area (Å²) in [7, 11) is -3.84. The molecule has 2 N–H and O–H groups in total. The molecule has 1 aliphatic heterocycles. The van der Waals surface area contributed by atoms with Crippen LogP contribution in [0, 0.1) is 12.8 Å². The van der Waals surface area contributed by atoms with E-state index in [2.05, 4.69) is 20.5 Å². The minimum absolute atomic E-state index is 0.0288. The Kier molecular flexibility index (Phi) is 8.20. The van der Waals surface area contributed by atoms with Crippen LogP contribution in [0.3, 0.4) is 0 Å². The van der Waals surface area contributed by atoms with Crippen molar-refractivity contribution in [2.75, 3.05) is 32.0 Å². The maximum absolute atomic E-state index is 13.3. The van der Waals surface area contributed by atoms with Gasteiger partial charge in [0.05, 0.1) is 12.5 Å². The van der Waals surface area contributed by atoms with Crippen molar-refractivity contribution in [3.63, 3.8) is 0 Å². The van der Waals surface area contributed by atoms with Crippen molar-refractivity contribution in [2.45, 2.75) is 36.7 Å². The predicted molar refractivity (Wildman–Crippen MR) is 119 cm³/mol. The van der Waals surface area contributed by atoms with Crippen LogP contribution in [0.25, 0.3) is 0 Å². The number of hydrogen-bond donors (Lipinski definition) is 2. The topological polar surface area (TPSA) is 117 Å². The number of carbonyl (C=O) groups is 1. The Morgan fingerprint density at radius 3 is 2.97 bits per heavy atom. The van der Waals surface area contributed by atoms with Crippen LogP contribution in [0.4, 0.5) is 0 Å². The van der Waals surface area contributed by atoms with E-state index in [0.29, 0.717) is 48.5 Å². The molecule has 1 fully saturated rings. The molecular weight excluding hydrogens is 462 g/mol. The van der Waals surface area contributed by atoms with Crippen LogP contribution in [-0.4, -0.2) is 65.8 Å². The fourth-order valence-corrected chi connectivity index (χ4v) is 5.94. The summed E-state index contributed by atoms with van der Waals surface area (Å²) >= 11 is 7.48. The summed E-state index contributed by atoms with van der Waals surface area (Å²) in [6, 6.07) is 4.55. The van der Waals surface area contributed by atoms with E-state index in [1.165, 1.54) is 22.1 Å². The number of carbonyl (C=O) groups excluding carboxylic acids is 1. The minimum atomic E-state index is -3.84. The van der Waals surface area contributed by atoms with Gasteiger partial charge >= 0.3 is 0 Å². The first-order valence-corrected chi connectivity index (χ1v) is 12.8. The molecule has 0 bridgehead atoms. The van der Waals surface area contributed by atoms with Gasteiger partial charge in [0, 0.05) is 30.4 Å². The first kappa shape index (κ1) is 23.8. The van der Waals surface area contributed by atoms with Crippen molar-refractivity contribution >= 4 is 39.3 Å². The third-order valence-electron chi connectivity index (χ3n) is 4.79. The van der Waals surface area contributed by atoms with Crippen LogP contribution in [0.2, 0.25) is 5.02 Å². The molecule has 0 saturated carbocycles. The number of sulfonamides is 1. The molecule has 1 aromatic carbocycles. The average molecular weight is 488 g/mol. The molecular formula is C19H26ClN5O4S2. The van der Waals surface area contributed by atoms with Gasteiger partial charge < -0.3 is 10.1 Å². The number of rotatable bonds is 9. The molecule has 0 unspecified atom stereocenters. The molecule has 1 saturated heterocycles. The summed E-state index contributed by atoms with van der Waals surface area (Å²) in [5.74, 6) is 1.06. The number of nitrogens with one attached hydrogen (secondary N) is 2. The zero-order valence-electron chi connectivity index (χ0n) is 17.4. The normalized spacial score (nSPS) is 17.5. The van der Waals surface area contributed by atoms with Crippen molar-refractivity contribution in [2.24, 2.45) is 5.92 Å². The van der Waals surface area contributed by atoms with Gasteiger partial charge in [-0.3, -0.25) is 9.89 Å². The second-order valence-corrected chi connectivity index (χ2v) is 10.5. The zero-order chi connectivity index (χ0) is 22.4. The van der Waals surface area contributed by atoms with Crippen molar-refractivity contribution in [3.05, 3.63) is 29.0 Å². The van der Waals surface area contributed by atoms with E-state index < -0.39 is 15.9 Å². The largest absolute Gasteiger partial charge is 0.492 e. The molecule has 12 heteroatoms. The first-order chi connectivity index (χ1) is 14.8. The Bertz CT molecular complexity index is 1010. The maximum atomic E-state index is 13.3. The Labute approximate surface area is 191 Å². The highest BCUT2D eigenvalue weighted by atomic mass is 35.5. The molecule has 1 aliphatic rings. The number of ether oxygens (including phenoxy) is 1. The molecule has 3 rings (SSSR count). The highest BCUT2D eigenvalue weighted by Gasteiger charge is 2.35. The molecule has 1 amide bonds. The summed E-state index contributed by atoms with van der Waals surface area (Å²) in [5, 5.41) is 10.6. The van der Waals surface area contributed by atoms with Crippen molar-refractivity contribution < 1.29 is 17.9 Å². The highest BCUT2D eigenvalue weighted by Crippen LogP contribution is 2.32. The Morgan fingerprint density at radius 2 is 2.26 bits per heavy atom. The summed E-state index contributed by atoms with van der Waals surface area (Å²) in [6.45, 7) is 4.86. The van der Waals surface area contributed by atoms with E-state index in [4.69, 9.17) is 16.3 Å². The smallest absolute Gasteiger partial charge is 0.246 e. The Balaban J connectivity index is 1.60. The van der Waals surface area contributed by atoms with Crippen molar-refractivity contribution in [3.8, 4) is 5.75 Å². The fraction of sp³-hybridized carbons (Fsp3) is 0.526. The summed E-state index contributed by atoms with van der Waals surface area (Å²) in [5.41, 5.74) is 0. The third kappa shape index (κ3) is 6.12. The number of nitrogens with zero attached hydrogens (tertiary/aromatic N) is 3. The number of aromatic amines is 1. The number of piperidine rings is 1. The average Bonchev–Trinajstić information content (AvgIpc) is 3.17. The molecule has 31 heavy (non-hydrogen) atoms. The molecule has 2 heterocycles. The lowest BCUT2D eigenvalue weighted by atomic mass is 9.99. The van der Waals surface area contributed by atoms with E-state index >= 15 is 0 Å². The molecule has 9 nitrogen and oxygen atoms in total. The second-order valence-electron chi connectivity index (χ2n) is 7.07. The number of aryl methyl sites for hydroxylation is 1. The number of halogens is 1. The summed E-state index contributed by atoms with van der Waals surface area (Å²) < 4.78 is 33.4. The van der Waals surface area contributed by atoms with Crippen LogP contribution in [0.15, 0.2) is 28.3 Å². The standard InChI is InChI=1S/C19H26ClN5O4S2/c1-3-29-16-7-6-15(20)11-17(16)31(27,28)25-9-4-5-14(12-25)18(26)21-8-10-30-19-22-13(2)23-24-19/h6-7,11,14H,3-5,8-10,12H2,1-2H3,(H,21,26)(H,22,23,24)/t14-/m0/s1. The molecule has 0 aliphatic carbocycles. The maximum Gasteiger partial charge on any atom is 0.246 e. The number of thioether (sulfide) groups is 1. The number of H-pyrrole nitrogens is 1. The lowest BCUT2D eigenvalue weighted by Gasteiger charge is -2.31. The zero-order valence-corrected chi connectivity index (χ0v) is 19.8. The monoisotopic (exact) mass is 487 g/mol.